The minimum absolute atomic E-state index is 0.583. The van der Waals surface area contributed by atoms with Crippen LogP contribution in [-0.2, 0) is 6.54 Å². The van der Waals surface area contributed by atoms with Crippen LogP contribution in [0.5, 0.6) is 5.75 Å². The Morgan fingerprint density at radius 2 is 2.24 bits per heavy atom. The number of nitrogens with one attached hydrogen (secondary N) is 1. The van der Waals surface area contributed by atoms with E-state index >= 15 is 0 Å². The van der Waals surface area contributed by atoms with Crippen LogP contribution in [0.3, 0.4) is 0 Å². The molecule has 0 aliphatic carbocycles. The average Bonchev–Trinajstić information content (AvgIpc) is 2.29. The summed E-state index contributed by atoms with van der Waals surface area (Å²) in [5.74, 6) is 4.13. The fourth-order valence-electron chi connectivity index (χ4n) is 1.48. The molecule has 0 saturated carbocycles. The van der Waals surface area contributed by atoms with Gasteiger partial charge >= 0.3 is 0 Å². The van der Waals surface area contributed by atoms with Crippen LogP contribution in [0.25, 0.3) is 0 Å². The zero-order valence-corrected chi connectivity index (χ0v) is 10.7. The number of terminal acetylenes is 1. The standard InChI is InChI=1S/C15H21NO/c1-4-5-9-17-15-8-6-7-14(10-15)12-16-11-13(2)3/h1,6-8,10,13,16H,5,9,11-12H2,2-3H3. The Bertz CT molecular complexity index is 365. The molecule has 0 saturated heterocycles. The molecule has 0 spiro atoms. The van der Waals surface area contributed by atoms with E-state index in [-0.39, 0.29) is 0 Å². The molecule has 0 amide bonds. The van der Waals surface area contributed by atoms with Crippen LogP contribution in [0.4, 0.5) is 0 Å². The Kier molecular flexibility index (Phi) is 6.21. The van der Waals surface area contributed by atoms with E-state index in [1.165, 1.54) is 5.56 Å². The van der Waals surface area contributed by atoms with E-state index in [1.807, 2.05) is 12.1 Å². The molecule has 0 radical (unpaired) electrons. The van der Waals surface area contributed by atoms with Crippen LogP contribution < -0.4 is 10.1 Å². The summed E-state index contributed by atoms with van der Waals surface area (Å²) in [6.07, 6.45) is 5.83. The zero-order valence-electron chi connectivity index (χ0n) is 10.7. The lowest BCUT2D eigenvalue weighted by molar-refractivity contribution is 0.327. The first-order chi connectivity index (χ1) is 8.22. The Hall–Kier alpha value is -1.46. The number of hydrogen-bond acceptors (Lipinski definition) is 2. The van der Waals surface area contributed by atoms with Gasteiger partial charge in [-0.05, 0) is 30.2 Å². The third-order valence-corrected chi connectivity index (χ3v) is 2.30. The van der Waals surface area contributed by atoms with Gasteiger partial charge < -0.3 is 10.1 Å². The Balaban J connectivity index is 2.40. The fourth-order valence-corrected chi connectivity index (χ4v) is 1.48. The highest BCUT2D eigenvalue weighted by Crippen LogP contribution is 2.13. The number of rotatable bonds is 7. The van der Waals surface area contributed by atoms with Crippen LogP contribution in [-0.4, -0.2) is 13.2 Å². The molecule has 17 heavy (non-hydrogen) atoms. The van der Waals surface area contributed by atoms with Crippen molar-refractivity contribution >= 4 is 0 Å². The molecule has 0 fully saturated rings. The lowest BCUT2D eigenvalue weighted by Gasteiger charge is -2.09. The topological polar surface area (TPSA) is 21.3 Å². The molecule has 0 aliphatic rings. The Morgan fingerprint density at radius 3 is 2.94 bits per heavy atom. The van der Waals surface area contributed by atoms with E-state index in [0.29, 0.717) is 18.9 Å². The predicted molar refractivity (Wildman–Crippen MR) is 71.9 cm³/mol. The van der Waals surface area contributed by atoms with E-state index in [1.54, 1.807) is 0 Å². The van der Waals surface area contributed by atoms with E-state index in [9.17, 15) is 0 Å². The molecule has 1 rings (SSSR count). The maximum absolute atomic E-state index is 5.54. The highest BCUT2D eigenvalue weighted by Gasteiger charge is 1.98. The van der Waals surface area contributed by atoms with E-state index in [2.05, 4.69) is 37.2 Å². The molecule has 0 atom stereocenters. The van der Waals surface area contributed by atoms with Gasteiger partial charge in [-0.1, -0.05) is 26.0 Å². The molecule has 1 N–H and O–H groups in total. The fraction of sp³-hybridized carbons (Fsp3) is 0.467. The first kappa shape index (κ1) is 13.6. The van der Waals surface area contributed by atoms with Crippen molar-refractivity contribution in [1.29, 1.82) is 0 Å². The summed E-state index contributed by atoms with van der Waals surface area (Å²) in [6.45, 7) is 6.89. The number of hydrogen-bond donors (Lipinski definition) is 1. The lowest BCUT2D eigenvalue weighted by atomic mass is 10.2. The van der Waals surface area contributed by atoms with E-state index < -0.39 is 0 Å². The monoisotopic (exact) mass is 231 g/mol. The van der Waals surface area contributed by atoms with Gasteiger partial charge in [0, 0.05) is 13.0 Å². The Morgan fingerprint density at radius 1 is 1.41 bits per heavy atom. The zero-order chi connectivity index (χ0) is 12.5. The molecule has 2 heteroatoms. The van der Waals surface area contributed by atoms with Crippen molar-refractivity contribution in [2.75, 3.05) is 13.2 Å². The minimum atomic E-state index is 0.583. The third kappa shape index (κ3) is 5.99. The van der Waals surface area contributed by atoms with Crippen molar-refractivity contribution in [3.8, 4) is 18.1 Å². The van der Waals surface area contributed by atoms with Crippen molar-refractivity contribution in [1.82, 2.24) is 5.32 Å². The first-order valence-corrected chi connectivity index (χ1v) is 6.08. The largest absolute Gasteiger partial charge is 0.493 e. The normalized spacial score (nSPS) is 10.2. The van der Waals surface area contributed by atoms with E-state index in [0.717, 1.165) is 18.8 Å². The molecule has 0 unspecified atom stereocenters. The van der Waals surface area contributed by atoms with Crippen molar-refractivity contribution in [2.45, 2.75) is 26.8 Å². The van der Waals surface area contributed by atoms with Crippen LogP contribution in [0.2, 0.25) is 0 Å². The van der Waals surface area contributed by atoms with Gasteiger partial charge in [-0.2, -0.15) is 0 Å². The van der Waals surface area contributed by atoms with Gasteiger partial charge in [0.15, 0.2) is 0 Å². The minimum Gasteiger partial charge on any atom is -0.493 e. The van der Waals surface area contributed by atoms with Gasteiger partial charge in [0.2, 0.25) is 0 Å². The third-order valence-electron chi connectivity index (χ3n) is 2.30. The van der Waals surface area contributed by atoms with Crippen LogP contribution >= 0.6 is 0 Å². The van der Waals surface area contributed by atoms with Gasteiger partial charge in [0.05, 0.1) is 6.61 Å². The SMILES string of the molecule is C#CCCOc1cccc(CNCC(C)C)c1. The summed E-state index contributed by atoms with van der Waals surface area (Å²) in [5.41, 5.74) is 1.24. The highest BCUT2D eigenvalue weighted by atomic mass is 16.5. The van der Waals surface area contributed by atoms with Crippen LogP contribution in [0.15, 0.2) is 24.3 Å². The van der Waals surface area contributed by atoms with Crippen LogP contribution in [0.1, 0.15) is 25.8 Å². The summed E-state index contributed by atoms with van der Waals surface area (Å²) >= 11 is 0. The summed E-state index contributed by atoms with van der Waals surface area (Å²) in [6, 6.07) is 8.13. The second-order valence-electron chi connectivity index (χ2n) is 4.47. The number of benzene rings is 1. The van der Waals surface area contributed by atoms with Gasteiger partial charge in [-0.15, -0.1) is 12.3 Å². The van der Waals surface area contributed by atoms with Gasteiger partial charge in [-0.25, -0.2) is 0 Å². The van der Waals surface area contributed by atoms with Crippen molar-refractivity contribution < 1.29 is 4.74 Å². The molecule has 1 aromatic carbocycles. The molecular formula is C15H21NO. The second-order valence-corrected chi connectivity index (χ2v) is 4.47. The van der Waals surface area contributed by atoms with Crippen molar-refractivity contribution in [3.63, 3.8) is 0 Å². The quantitative estimate of drug-likeness (QED) is 0.575. The molecule has 0 aliphatic heterocycles. The van der Waals surface area contributed by atoms with Crippen LogP contribution in [0, 0.1) is 18.3 Å². The molecule has 2 nitrogen and oxygen atoms in total. The predicted octanol–water partition coefficient (Wildman–Crippen LogP) is 2.83. The summed E-state index contributed by atoms with van der Waals surface area (Å²) in [4.78, 5) is 0. The maximum atomic E-state index is 5.54. The molecule has 1 aromatic rings. The smallest absolute Gasteiger partial charge is 0.119 e. The second kappa shape index (κ2) is 7.76. The summed E-state index contributed by atoms with van der Waals surface area (Å²) in [7, 11) is 0. The summed E-state index contributed by atoms with van der Waals surface area (Å²) < 4.78 is 5.54. The lowest BCUT2D eigenvalue weighted by Crippen LogP contribution is -2.18. The highest BCUT2D eigenvalue weighted by molar-refractivity contribution is 5.28. The Labute approximate surface area is 104 Å². The van der Waals surface area contributed by atoms with Crippen molar-refractivity contribution in [3.05, 3.63) is 29.8 Å². The van der Waals surface area contributed by atoms with Gasteiger partial charge in [-0.3, -0.25) is 0 Å². The molecule has 0 aromatic heterocycles. The van der Waals surface area contributed by atoms with E-state index in [4.69, 9.17) is 11.2 Å². The molecule has 0 heterocycles. The average molecular weight is 231 g/mol. The molecular weight excluding hydrogens is 210 g/mol. The molecule has 92 valence electrons. The van der Waals surface area contributed by atoms with Crippen molar-refractivity contribution in [2.24, 2.45) is 5.92 Å². The first-order valence-electron chi connectivity index (χ1n) is 6.08. The van der Waals surface area contributed by atoms with Gasteiger partial charge in [0.1, 0.15) is 5.75 Å². The summed E-state index contributed by atoms with van der Waals surface area (Å²) in [5, 5.41) is 3.41. The molecule has 0 bridgehead atoms. The number of ether oxygens (including phenoxy) is 1. The maximum Gasteiger partial charge on any atom is 0.119 e. The van der Waals surface area contributed by atoms with Gasteiger partial charge in [0.25, 0.3) is 0 Å².